The van der Waals surface area contributed by atoms with Gasteiger partial charge in [-0.15, -0.1) is 0 Å². The van der Waals surface area contributed by atoms with Crippen molar-refractivity contribution in [3.8, 4) is 0 Å². The van der Waals surface area contributed by atoms with Gasteiger partial charge in [0.15, 0.2) is 0 Å². The lowest BCUT2D eigenvalue weighted by Crippen LogP contribution is -2.21. The van der Waals surface area contributed by atoms with E-state index in [2.05, 4.69) is 48.6 Å². The van der Waals surface area contributed by atoms with Gasteiger partial charge in [-0.05, 0) is 43.1 Å². The van der Waals surface area contributed by atoms with Gasteiger partial charge >= 0.3 is 0 Å². The highest BCUT2D eigenvalue weighted by molar-refractivity contribution is 6.30. The molecule has 18 heavy (non-hydrogen) atoms. The zero-order valence-corrected chi connectivity index (χ0v) is 11.3. The fraction of sp³-hybridized carbons (Fsp3) is 0.250. The highest BCUT2D eigenvalue weighted by atomic mass is 35.5. The van der Waals surface area contributed by atoms with Crippen LogP contribution in [0.1, 0.15) is 24.1 Å². The zero-order chi connectivity index (χ0) is 12.8. The van der Waals surface area contributed by atoms with Crippen molar-refractivity contribution in [2.45, 2.75) is 19.4 Å². The van der Waals surface area contributed by atoms with Gasteiger partial charge in [0.1, 0.15) is 0 Å². The Morgan fingerprint density at radius 2 is 1.67 bits per heavy atom. The van der Waals surface area contributed by atoms with Crippen LogP contribution in [0, 0.1) is 0 Å². The molecule has 0 aromatic heterocycles. The Hall–Kier alpha value is -1.31. The average Bonchev–Trinajstić information content (AvgIpc) is 2.40. The topological polar surface area (TPSA) is 12.0 Å². The normalized spacial score (nSPS) is 12.3. The lowest BCUT2D eigenvalue weighted by Gasteiger charge is -2.14. The molecule has 2 heteroatoms. The van der Waals surface area contributed by atoms with Crippen molar-refractivity contribution < 1.29 is 0 Å². The van der Waals surface area contributed by atoms with Gasteiger partial charge < -0.3 is 5.32 Å². The summed E-state index contributed by atoms with van der Waals surface area (Å²) in [5, 5.41) is 4.31. The fourth-order valence-corrected chi connectivity index (χ4v) is 2.07. The van der Waals surface area contributed by atoms with Gasteiger partial charge in [0, 0.05) is 11.1 Å². The Bertz CT molecular complexity index is 464. The van der Waals surface area contributed by atoms with Gasteiger partial charge in [0.25, 0.3) is 0 Å². The van der Waals surface area contributed by atoms with E-state index in [1.807, 2.05) is 18.2 Å². The van der Waals surface area contributed by atoms with Crippen molar-refractivity contribution in [2.24, 2.45) is 0 Å². The van der Waals surface area contributed by atoms with E-state index in [4.69, 9.17) is 11.6 Å². The number of hydrogen-bond donors (Lipinski definition) is 1. The van der Waals surface area contributed by atoms with E-state index in [0.717, 1.165) is 18.0 Å². The van der Waals surface area contributed by atoms with E-state index in [1.54, 1.807) is 0 Å². The summed E-state index contributed by atoms with van der Waals surface area (Å²) in [4.78, 5) is 0. The minimum absolute atomic E-state index is 0.353. The first kappa shape index (κ1) is 13.1. The van der Waals surface area contributed by atoms with Crippen LogP contribution in [0.15, 0.2) is 54.6 Å². The van der Waals surface area contributed by atoms with Crippen LogP contribution in [-0.2, 0) is 6.42 Å². The van der Waals surface area contributed by atoms with Crippen molar-refractivity contribution in [1.29, 1.82) is 0 Å². The summed E-state index contributed by atoms with van der Waals surface area (Å²) in [7, 11) is 0. The molecule has 0 radical (unpaired) electrons. The summed E-state index contributed by atoms with van der Waals surface area (Å²) in [5.74, 6) is 0. The Balaban J connectivity index is 1.81. The molecular weight excluding hydrogens is 242 g/mol. The second kappa shape index (κ2) is 6.58. The van der Waals surface area contributed by atoms with Crippen molar-refractivity contribution in [1.82, 2.24) is 5.32 Å². The first-order valence-corrected chi connectivity index (χ1v) is 6.66. The van der Waals surface area contributed by atoms with Gasteiger partial charge in [0.2, 0.25) is 0 Å². The maximum atomic E-state index is 5.88. The molecule has 0 bridgehead atoms. The second-order valence-corrected chi connectivity index (χ2v) is 4.90. The molecule has 0 aliphatic heterocycles. The van der Waals surface area contributed by atoms with E-state index in [-0.39, 0.29) is 0 Å². The molecule has 2 rings (SSSR count). The van der Waals surface area contributed by atoms with Gasteiger partial charge in [0.05, 0.1) is 0 Å². The molecule has 1 nitrogen and oxygen atoms in total. The van der Waals surface area contributed by atoms with Crippen molar-refractivity contribution in [2.75, 3.05) is 6.54 Å². The molecule has 0 saturated heterocycles. The molecule has 0 aliphatic rings. The lowest BCUT2D eigenvalue weighted by atomic mass is 10.1. The third-order valence-electron chi connectivity index (χ3n) is 3.08. The fourth-order valence-electron chi connectivity index (χ4n) is 1.95. The van der Waals surface area contributed by atoms with Crippen LogP contribution in [0.4, 0.5) is 0 Å². The molecular formula is C16H18ClN. The van der Waals surface area contributed by atoms with Crippen LogP contribution < -0.4 is 5.32 Å². The summed E-state index contributed by atoms with van der Waals surface area (Å²) < 4.78 is 0. The maximum Gasteiger partial charge on any atom is 0.0406 e. The molecule has 0 spiro atoms. The van der Waals surface area contributed by atoms with Gasteiger partial charge in [-0.25, -0.2) is 0 Å². The molecule has 0 heterocycles. The molecule has 1 N–H and O–H groups in total. The second-order valence-electron chi connectivity index (χ2n) is 4.46. The predicted octanol–water partition coefficient (Wildman–Crippen LogP) is 4.23. The first-order valence-electron chi connectivity index (χ1n) is 6.28. The van der Waals surface area contributed by atoms with E-state index >= 15 is 0 Å². The highest BCUT2D eigenvalue weighted by Crippen LogP contribution is 2.15. The number of nitrogens with one attached hydrogen (secondary N) is 1. The molecule has 0 saturated carbocycles. The minimum Gasteiger partial charge on any atom is -0.310 e. The Kier molecular flexibility index (Phi) is 4.80. The Labute approximate surface area is 114 Å². The van der Waals surface area contributed by atoms with Gasteiger partial charge in [-0.3, -0.25) is 0 Å². The van der Waals surface area contributed by atoms with E-state index in [1.165, 1.54) is 11.1 Å². The van der Waals surface area contributed by atoms with Crippen LogP contribution >= 0.6 is 11.6 Å². The molecule has 94 valence electrons. The average molecular weight is 260 g/mol. The summed E-state index contributed by atoms with van der Waals surface area (Å²) in [6.07, 6.45) is 1.05. The standard InChI is InChI=1S/C16H18ClN/c1-13(15-7-9-16(17)10-8-15)18-12-11-14-5-3-2-4-6-14/h2-10,13,18H,11-12H2,1H3/t13-/m1/s1. The summed E-state index contributed by atoms with van der Waals surface area (Å²) in [5.41, 5.74) is 2.64. The summed E-state index contributed by atoms with van der Waals surface area (Å²) >= 11 is 5.88. The SMILES string of the molecule is C[C@@H](NCCc1ccccc1)c1ccc(Cl)cc1. The summed E-state index contributed by atoms with van der Waals surface area (Å²) in [6, 6.07) is 18.9. The first-order chi connectivity index (χ1) is 8.75. The molecule has 0 unspecified atom stereocenters. The van der Waals surface area contributed by atoms with Crippen molar-refractivity contribution >= 4 is 11.6 Å². The van der Waals surface area contributed by atoms with E-state index in [0.29, 0.717) is 6.04 Å². The van der Waals surface area contributed by atoms with E-state index in [9.17, 15) is 0 Å². The number of halogens is 1. The van der Waals surface area contributed by atoms with Crippen LogP contribution in [-0.4, -0.2) is 6.54 Å². The molecule has 0 amide bonds. The quantitative estimate of drug-likeness (QED) is 0.847. The smallest absolute Gasteiger partial charge is 0.0406 e. The Morgan fingerprint density at radius 1 is 1.00 bits per heavy atom. The molecule has 1 atom stereocenters. The van der Waals surface area contributed by atoms with Crippen molar-refractivity contribution in [3.05, 3.63) is 70.7 Å². The molecule has 2 aromatic carbocycles. The molecule has 2 aromatic rings. The van der Waals surface area contributed by atoms with Crippen LogP contribution in [0.3, 0.4) is 0 Å². The zero-order valence-electron chi connectivity index (χ0n) is 10.6. The third-order valence-corrected chi connectivity index (χ3v) is 3.33. The number of hydrogen-bond acceptors (Lipinski definition) is 1. The largest absolute Gasteiger partial charge is 0.310 e. The van der Waals surface area contributed by atoms with Crippen molar-refractivity contribution in [3.63, 3.8) is 0 Å². The highest BCUT2D eigenvalue weighted by Gasteiger charge is 2.03. The minimum atomic E-state index is 0.353. The van der Waals surface area contributed by atoms with Crippen LogP contribution in [0.2, 0.25) is 5.02 Å². The number of benzene rings is 2. The Morgan fingerprint density at radius 3 is 2.33 bits per heavy atom. The summed E-state index contributed by atoms with van der Waals surface area (Å²) in [6.45, 7) is 3.15. The number of rotatable bonds is 5. The predicted molar refractivity (Wildman–Crippen MR) is 78.0 cm³/mol. The lowest BCUT2D eigenvalue weighted by molar-refractivity contribution is 0.577. The maximum absolute atomic E-state index is 5.88. The van der Waals surface area contributed by atoms with Gasteiger partial charge in [-0.2, -0.15) is 0 Å². The van der Waals surface area contributed by atoms with Gasteiger partial charge in [-0.1, -0.05) is 54.1 Å². The molecule has 0 aliphatic carbocycles. The van der Waals surface area contributed by atoms with E-state index < -0.39 is 0 Å². The third kappa shape index (κ3) is 3.86. The van der Waals surface area contributed by atoms with Crippen LogP contribution in [0.25, 0.3) is 0 Å². The molecule has 0 fully saturated rings. The van der Waals surface area contributed by atoms with Crippen LogP contribution in [0.5, 0.6) is 0 Å². The monoisotopic (exact) mass is 259 g/mol.